The lowest BCUT2D eigenvalue weighted by Crippen LogP contribution is -2.42. The normalized spacial score (nSPS) is 12.8. The standard InChI is InChI=1S/C17H22N2O5S/c1-17(2,3)24-7-5-13(16(21)22)19-14(20)8-12-10-25-15(18-12)11-4-6-23-9-11/h4,6,9-10,13H,5,7-8H2,1-3H3,(H,19,20)(H,21,22). The molecule has 0 radical (unpaired) electrons. The molecule has 2 aromatic heterocycles. The lowest BCUT2D eigenvalue weighted by molar-refractivity contribution is -0.142. The molecule has 1 unspecified atom stereocenters. The third-order valence-corrected chi connectivity index (χ3v) is 4.18. The van der Waals surface area contributed by atoms with Gasteiger partial charge in [0.1, 0.15) is 17.3 Å². The quantitative estimate of drug-likeness (QED) is 0.745. The topological polar surface area (TPSA) is 102 Å². The number of aliphatic carboxylic acids is 1. The number of thiazole rings is 1. The largest absolute Gasteiger partial charge is 0.480 e. The van der Waals surface area contributed by atoms with Crippen LogP contribution in [0.4, 0.5) is 0 Å². The van der Waals surface area contributed by atoms with Gasteiger partial charge in [-0.05, 0) is 26.8 Å². The number of hydrogen-bond donors (Lipinski definition) is 2. The molecule has 0 bridgehead atoms. The number of hydrogen-bond acceptors (Lipinski definition) is 6. The highest BCUT2D eigenvalue weighted by Gasteiger charge is 2.21. The van der Waals surface area contributed by atoms with E-state index in [4.69, 9.17) is 9.15 Å². The maximum atomic E-state index is 12.1. The summed E-state index contributed by atoms with van der Waals surface area (Å²) in [5.41, 5.74) is 1.09. The average molecular weight is 366 g/mol. The first-order valence-corrected chi connectivity index (χ1v) is 8.75. The van der Waals surface area contributed by atoms with Crippen molar-refractivity contribution in [2.75, 3.05) is 6.61 Å². The smallest absolute Gasteiger partial charge is 0.326 e. The van der Waals surface area contributed by atoms with Gasteiger partial charge in [0.2, 0.25) is 5.91 Å². The van der Waals surface area contributed by atoms with Crippen molar-refractivity contribution in [1.29, 1.82) is 0 Å². The van der Waals surface area contributed by atoms with E-state index in [1.165, 1.54) is 11.3 Å². The van der Waals surface area contributed by atoms with Crippen LogP contribution in [0, 0.1) is 0 Å². The fraction of sp³-hybridized carbons (Fsp3) is 0.471. The summed E-state index contributed by atoms with van der Waals surface area (Å²) in [6.07, 6.45) is 3.37. The predicted octanol–water partition coefficient (Wildman–Crippen LogP) is 2.72. The first-order valence-electron chi connectivity index (χ1n) is 7.88. The highest BCUT2D eigenvalue weighted by atomic mass is 32.1. The molecule has 0 aromatic carbocycles. The number of carbonyl (C=O) groups is 2. The number of carboxylic acids is 1. The van der Waals surface area contributed by atoms with Crippen LogP contribution in [0.15, 0.2) is 28.4 Å². The molecule has 0 fully saturated rings. The third-order valence-electron chi connectivity index (χ3n) is 3.24. The van der Waals surface area contributed by atoms with Crippen LogP contribution in [0.5, 0.6) is 0 Å². The fourth-order valence-corrected chi connectivity index (χ4v) is 2.86. The molecule has 7 nitrogen and oxygen atoms in total. The van der Waals surface area contributed by atoms with Gasteiger partial charge in [0, 0.05) is 24.0 Å². The monoisotopic (exact) mass is 366 g/mol. The molecule has 1 atom stereocenters. The molecule has 136 valence electrons. The first-order chi connectivity index (χ1) is 11.7. The molecule has 8 heteroatoms. The Kier molecular flexibility index (Phi) is 6.33. The van der Waals surface area contributed by atoms with Gasteiger partial charge < -0.3 is 19.6 Å². The molecule has 0 saturated carbocycles. The van der Waals surface area contributed by atoms with Crippen molar-refractivity contribution in [1.82, 2.24) is 10.3 Å². The summed E-state index contributed by atoms with van der Waals surface area (Å²) in [6.45, 7) is 5.92. The van der Waals surface area contributed by atoms with E-state index in [1.807, 2.05) is 20.8 Å². The van der Waals surface area contributed by atoms with Gasteiger partial charge in [0.25, 0.3) is 0 Å². The van der Waals surface area contributed by atoms with E-state index in [2.05, 4.69) is 10.3 Å². The summed E-state index contributed by atoms with van der Waals surface area (Å²) in [4.78, 5) is 27.8. The zero-order valence-electron chi connectivity index (χ0n) is 14.4. The number of rotatable bonds is 8. The Morgan fingerprint density at radius 2 is 2.20 bits per heavy atom. The summed E-state index contributed by atoms with van der Waals surface area (Å²) in [5, 5.41) is 14.3. The molecule has 0 saturated heterocycles. The van der Waals surface area contributed by atoms with Crippen LogP contribution in [-0.4, -0.2) is 40.2 Å². The van der Waals surface area contributed by atoms with Crippen molar-refractivity contribution in [2.45, 2.75) is 45.3 Å². The molecule has 2 heterocycles. The zero-order chi connectivity index (χ0) is 18.4. The molecule has 2 N–H and O–H groups in total. The van der Waals surface area contributed by atoms with Gasteiger partial charge in [-0.25, -0.2) is 9.78 Å². The van der Waals surface area contributed by atoms with Gasteiger partial charge in [0.05, 0.1) is 24.0 Å². The zero-order valence-corrected chi connectivity index (χ0v) is 15.3. The number of carboxylic acid groups (broad SMARTS) is 1. The van der Waals surface area contributed by atoms with Crippen molar-refractivity contribution in [2.24, 2.45) is 0 Å². The van der Waals surface area contributed by atoms with Gasteiger partial charge in [-0.1, -0.05) is 0 Å². The van der Waals surface area contributed by atoms with Crippen LogP contribution >= 0.6 is 11.3 Å². The van der Waals surface area contributed by atoms with E-state index >= 15 is 0 Å². The van der Waals surface area contributed by atoms with Gasteiger partial charge in [-0.15, -0.1) is 11.3 Å². The van der Waals surface area contributed by atoms with Gasteiger partial charge in [-0.2, -0.15) is 0 Å². The van der Waals surface area contributed by atoms with Gasteiger partial charge >= 0.3 is 5.97 Å². The highest BCUT2D eigenvalue weighted by molar-refractivity contribution is 7.13. The van der Waals surface area contributed by atoms with Crippen molar-refractivity contribution in [3.8, 4) is 10.6 Å². The van der Waals surface area contributed by atoms with E-state index in [0.717, 1.165) is 10.6 Å². The molecule has 0 spiro atoms. The van der Waals surface area contributed by atoms with Crippen molar-refractivity contribution >= 4 is 23.2 Å². The lowest BCUT2D eigenvalue weighted by Gasteiger charge is -2.21. The summed E-state index contributed by atoms with van der Waals surface area (Å²) < 4.78 is 10.5. The SMILES string of the molecule is CC(C)(C)OCCC(NC(=O)Cc1csc(-c2ccoc2)n1)C(=O)O. The second kappa shape index (κ2) is 8.26. The molecule has 25 heavy (non-hydrogen) atoms. The van der Waals surface area contributed by atoms with Crippen LogP contribution in [0.2, 0.25) is 0 Å². The Bertz CT molecular complexity index is 703. The van der Waals surface area contributed by atoms with Crippen LogP contribution in [0.1, 0.15) is 32.9 Å². The molecule has 0 aliphatic carbocycles. The molecular weight excluding hydrogens is 344 g/mol. The maximum Gasteiger partial charge on any atom is 0.326 e. The highest BCUT2D eigenvalue weighted by Crippen LogP contribution is 2.24. The third kappa shape index (κ3) is 6.32. The average Bonchev–Trinajstić information content (AvgIpc) is 3.15. The Morgan fingerprint density at radius 1 is 1.44 bits per heavy atom. The van der Waals surface area contributed by atoms with E-state index in [1.54, 1.807) is 24.0 Å². The minimum absolute atomic E-state index is 0.0261. The van der Waals surface area contributed by atoms with Crippen LogP contribution < -0.4 is 5.32 Å². The van der Waals surface area contributed by atoms with Crippen molar-refractivity contribution in [3.63, 3.8) is 0 Å². The molecule has 2 rings (SSSR count). The molecule has 2 aromatic rings. The van der Waals surface area contributed by atoms with Crippen LogP contribution in [0.25, 0.3) is 10.6 Å². The van der Waals surface area contributed by atoms with Gasteiger partial charge in [0.15, 0.2) is 0 Å². The van der Waals surface area contributed by atoms with E-state index in [0.29, 0.717) is 5.69 Å². The van der Waals surface area contributed by atoms with Gasteiger partial charge in [-0.3, -0.25) is 4.79 Å². The Morgan fingerprint density at radius 3 is 2.80 bits per heavy atom. The summed E-state index contributed by atoms with van der Waals surface area (Å²) in [6, 6.07) is 0.806. The van der Waals surface area contributed by atoms with E-state index in [9.17, 15) is 14.7 Å². The number of aromatic nitrogens is 1. The van der Waals surface area contributed by atoms with E-state index < -0.39 is 12.0 Å². The summed E-state index contributed by atoms with van der Waals surface area (Å²) in [7, 11) is 0. The summed E-state index contributed by atoms with van der Waals surface area (Å²) in [5.74, 6) is -1.46. The Hall–Kier alpha value is -2.19. The number of carbonyl (C=O) groups excluding carboxylic acids is 1. The molecule has 0 aliphatic rings. The predicted molar refractivity (Wildman–Crippen MR) is 93.4 cm³/mol. The van der Waals surface area contributed by atoms with E-state index in [-0.39, 0.29) is 31.0 Å². The second-order valence-corrected chi connectivity index (χ2v) is 7.40. The summed E-state index contributed by atoms with van der Waals surface area (Å²) >= 11 is 1.40. The fourth-order valence-electron chi connectivity index (χ4n) is 2.06. The van der Waals surface area contributed by atoms with Crippen molar-refractivity contribution in [3.05, 3.63) is 29.7 Å². The lowest BCUT2D eigenvalue weighted by atomic mass is 10.1. The maximum absolute atomic E-state index is 12.1. The number of nitrogens with one attached hydrogen (secondary N) is 1. The Labute approximate surface area is 150 Å². The molecule has 1 amide bonds. The second-order valence-electron chi connectivity index (χ2n) is 6.54. The minimum atomic E-state index is -1.08. The molecular formula is C17H22N2O5S. The first kappa shape index (κ1) is 19.1. The van der Waals surface area contributed by atoms with Crippen LogP contribution in [-0.2, 0) is 20.7 Å². The minimum Gasteiger partial charge on any atom is -0.480 e. The number of furan rings is 1. The Balaban J connectivity index is 1.87. The van der Waals surface area contributed by atoms with Crippen LogP contribution in [0.3, 0.4) is 0 Å². The number of nitrogens with zero attached hydrogens (tertiary/aromatic N) is 1. The number of ether oxygens (including phenoxy) is 1. The number of amides is 1. The molecule has 0 aliphatic heterocycles. The van der Waals surface area contributed by atoms with Crippen molar-refractivity contribution < 1.29 is 23.8 Å².